The summed E-state index contributed by atoms with van der Waals surface area (Å²) >= 11 is 0. The highest BCUT2D eigenvalue weighted by Gasteiger charge is 2.40. The van der Waals surface area contributed by atoms with Crippen LogP contribution in [0.15, 0.2) is 36.7 Å². The number of hydrogen-bond donors (Lipinski definition) is 1. The fourth-order valence-electron chi connectivity index (χ4n) is 3.96. The van der Waals surface area contributed by atoms with Crippen LogP contribution >= 0.6 is 0 Å². The minimum Gasteiger partial charge on any atom is -0.480 e. The highest BCUT2D eigenvalue weighted by Crippen LogP contribution is 2.43. The SMILES string of the molecule is COc1ncc(-c2ccc3ncc4c(c3c2)OC(C)(C)C(=O)N4C)cc1NS(=O)(=O)C1CC1. The highest BCUT2D eigenvalue weighted by molar-refractivity contribution is 7.93. The van der Waals surface area contributed by atoms with Crippen molar-refractivity contribution in [2.75, 3.05) is 23.8 Å². The second kappa shape index (κ2) is 7.31. The molecule has 0 atom stereocenters. The summed E-state index contributed by atoms with van der Waals surface area (Å²) in [5.74, 6) is 0.623. The highest BCUT2D eigenvalue weighted by atomic mass is 32.2. The molecule has 10 heteroatoms. The average Bonchev–Trinajstić information content (AvgIpc) is 3.63. The summed E-state index contributed by atoms with van der Waals surface area (Å²) in [4.78, 5) is 22.9. The van der Waals surface area contributed by atoms with E-state index < -0.39 is 15.6 Å². The number of nitrogens with zero attached hydrogens (tertiary/aromatic N) is 3. The number of fused-ring (bicyclic) bond motifs is 3. The van der Waals surface area contributed by atoms with Gasteiger partial charge in [-0.25, -0.2) is 13.4 Å². The molecule has 1 saturated carbocycles. The molecule has 0 saturated heterocycles. The van der Waals surface area contributed by atoms with Crippen LogP contribution in [-0.4, -0.2) is 49.3 Å². The van der Waals surface area contributed by atoms with Crippen molar-refractivity contribution in [2.45, 2.75) is 37.5 Å². The van der Waals surface area contributed by atoms with Gasteiger partial charge in [-0.2, -0.15) is 0 Å². The molecule has 172 valence electrons. The molecular weight excluding hydrogens is 444 g/mol. The minimum atomic E-state index is -3.48. The lowest BCUT2D eigenvalue weighted by atomic mass is 10.0. The van der Waals surface area contributed by atoms with Gasteiger partial charge in [0.1, 0.15) is 11.4 Å². The van der Waals surface area contributed by atoms with Crippen LogP contribution in [0.3, 0.4) is 0 Å². The van der Waals surface area contributed by atoms with E-state index in [1.165, 1.54) is 7.11 Å². The summed E-state index contributed by atoms with van der Waals surface area (Å²) < 4.78 is 39.0. The third-order valence-electron chi connectivity index (χ3n) is 5.93. The second-order valence-corrected chi connectivity index (χ2v) is 10.8. The van der Waals surface area contributed by atoms with Crippen LogP contribution in [0.25, 0.3) is 22.0 Å². The number of ether oxygens (including phenoxy) is 2. The maximum absolute atomic E-state index is 12.6. The van der Waals surface area contributed by atoms with E-state index in [1.807, 2.05) is 18.2 Å². The first kappa shape index (κ1) is 21.4. The zero-order valence-electron chi connectivity index (χ0n) is 18.7. The van der Waals surface area contributed by atoms with Gasteiger partial charge in [0.05, 0.1) is 24.1 Å². The lowest BCUT2D eigenvalue weighted by molar-refractivity contribution is -0.132. The van der Waals surface area contributed by atoms with E-state index in [1.54, 1.807) is 44.3 Å². The number of anilines is 2. The number of aromatic nitrogens is 2. The average molecular weight is 469 g/mol. The van der Waals surface area contributed by atoms with Gasteiger partial charge in [0, 0.05) is 24.2 Å². The Morgan fingerprint density at radius 1 is 1.15 bits per heavy atom. The van der Waals surface area contributed by atoms with Crippen molar-refractivity contribution in [2.24, 2.45) is 0 Å². The number of likely N-dealkylation sites (N-methyl/N-ethyl adjacent to an activating group) is 1. The van der Waals surface area contributed by atoms with E-state index in [0.29, 0.717) is 35.4 Å². The zero-order valence-corrected chi connectivity index (χ0v) is 19.6. The number of carbonyl (C=O) groups is 1. The van der Waals surface area contributed by atoms with Crippen molar-refractivity contribution < 1.29 is 22.7 Å². The zero-order chi connectivity index (χ0) is 23.5. The summed E-state index contributed by atoms with van der Waals surface area (Å²) in [7, 11) is -0.331. The predicted octanol–water partition coefficient (Wildman–Crippen LogP) is 3.34. The van der Waals surface area contributed by atoms with E-state index >= 15 is 0 Å². The molecule has 1 aromatic carbocycles. The maximum Gasteiger partial charge on any atom is 0.270 e. The van der Waals surface area contributed by atoms with Crippen LogP contribution in [0.1, 0.15) is 26.7 Å². The van der Waals surface area contributed by atoms with Gasteiger partial charge < -0.3 is 14.4 Å². The number of amides is 1. The number of methoxy groups -OCH3 is 1. The summed E-state index contributed by atoms with van der Waals surface area (Å²) in [6, 6.07) is 7.35. The Kier molecular flexibility index (Phi) is 4.75. The molecule has 0 spiro atoms. The Hall–Kier alpha value is -3.40. The molecule has 5 rings (SSSR count). The topological polar surface area (TPSA) is 111 Å². The molecular formula is C23H24N4O5S. The monoisotopic (exact) mass is 468 g/mol. The number of nitrogens with one attached hydrogen (secondary N) is 1. The number of rotatable bonds is 5. The molecule has 0 bridgehead atoms. The molecule has 1 amide bonds. The predicted molar refractivity (Wildman–Crippen MR) is 125 cm³/mol. The Balaban J connectivity index is 1.61. The molecule has 33 heavy (non-hydrogen) atoms. The van der Waals surface area contributed by atoms with Crippen LogP contribution in [0, 0.1) is 0 Å². The summed E-state index contributed by atoms with van der Waals surface area (Å²) in [6.45, 7) is 3.47. The quantitative estimate of drug-likeness (QED) is 0.611. The Bertz CT molecular complexity index is 1400. The molecule has 1 fully saturated rings. The number of sulfonamides is 1. The lowest BCUT2D eigenvalue weighted by Gasteiger charge is -2.37. The van der Waals surface area contributed by atoms with Crippen LogP contribution in [0.5, 0.6) is 11.6 Å². The largest absolute Gasteiger partial charge is 0.480 e. The molecule has 0 unspecified atom stereocenters. The molecule has 1 N–H and O–H groups in total. The number of hydrogen-bond acceptors (Lipinski definition) is 7. The fraction of sp³-hybridized carbons (Fsp3) is 0.348. The molecule has 1 aliphatic carbocycles. The minimum absolute atomic E-state index is 0.153. The van der Waals surface area contributed by atoms with E-state index in [9.17, 15) is 13.2 Å². The van der Waals surface area contributed by atoms with Crippen molar-refractivity contribution in [3.8, 4) is 22.8 Å². The number of pyridine rings is 2. The summed E-state index contributed by atoms with van der Waals surface area (Å²) in [6.07, 6.45) is 4.56. The Labute approximate surface area is 191 Å². The summed E-state index contributed by atoms with van der Waals surface area (Å²) in [5.41, 5.74) is 2.07. The normalized spacial score (nSPS) is 17.5. The molecule has 0 radical (unpaired) electrons. The van der Waals surface area contributed by atoms with Crippen LogP contribution in [0.2, 0.25) is 0 Å². The van der Waals surface area contributed by atoms with E-state index in [2.05, 4.69) is 14.7 Å². The van der Waals surface area contributed by atoms with Gasteiger partial charge in [-0.3, -0.25) is 14.5 Å². The van der Waals surface area contributed by atoms with Crippen molar-refractivity contribution in [1.29, 1.82) is 0 Å². The van der Waals surface area contributed by atoms with Crippen LogP contribution in [-0.2, 0) is 14.8 Å². The van der Waals surface area contributed by atoms with Crippen molar-refractivity contribution in [3.63, 3.8) is 0 Å². The van der Waals surface area contributed by atoms with Gasteiger partial charge in [0.15, 0.2) is 11.4 Å². The first-order valence-electron chi connectivity index (χ1n) is 10.6. The molecule has 9 nitrogen and oxygen atoms in total. The van der Waals surface area contributed by atoms with Crippen molar-refractivity contribution in [1.82, 2.24) is 9.97 Å². The number of benzene rings is 1. The van der Waals surface area contributed by atoms with Gasteiger partial charge in [0.25, 0.3) is 5.91 Å². The van der Waals surface area contributed by atoms with Gasteiger partial charge in [-0.1, -0.05) is 6.07 Å². The molecule has 3 heterocycles. The third kappa shape index (κ3) is 3.64. The smallest absolute Gasteiger partial charge is 0.270 e. The first-order valence-corrected chi connectivity index (χ1v) is 12.1. The fourth-order valence-corrected chi connectivity index (χ4v) is 5.33. The van der Waals surface area contributed by atoms with Crippen LogP contribution in [0.4, 0.5) is 11.4 Å². The third-order valence-corrected chi connectivity index (χ3v) is 7.78. The molecule has 2 aliphatic rings. The van der Waals surface area contributed by atoms with Gasteiger partial charge in [-0.15, -0.1) is 0 Å². The van der Waals surface area contributed by atoms with Gasteiger partial charge in [-0.05, 0) is 50.5 Å². The standard InChI is InChI=1S/C23H24N4O5S/c1-23(2)22(28)27(3)19-12-24-17-8-5-13(9-16(17)20(19)32-23)14-10-18(21(31-4)25-11-14)26-33(29,30)15-6-7-15/h5,8-12,15,26H,6-7H2,1-4H3. The van der Waals surface area contributed by atoms with E-state index in [4.69, 9.17) is 9.47 Å². The van der Waals surface area contributed by atoms with Gasteiger partial charge >= 0.3 is 0 Å². The van der Waals surface area contributed by atoms with Crippen LogP contribution < -0.4 is 19.1 Å². The maximum atomic E-state index is 12.6. The Morgan fingerprint density at radius 2 is 1.91 bits per heavy atom. The van der Waals surface area contributed by atoms with E-state index in [0.717, 1.165) is 10.9 Å². The molecule has 2 aromatic heterocycles. The summed E-state index contributed by atoms with van der Waals surface area (Å²) in [5, 5.41) is 0.373. The van der Waals surface area contributed by atoms with E-state index in [-0.39, 0.29) is 22.7 Å². The van der Waals surface area contributed by atoms with Gasteiger partial charge in [0.2, 0.25) is 15.9 Å². The number of carbonyl (C=O) groups excluding carboxylic acids is 1. The lowest BCUT2D eigenvalue weighted by Crippen LogP contribution is -2.51. The Morgan fingerprint density at radius 3 is 2.61 bits per heavy atom. The van der Waals surface area contributed by atoms with Crippen molar-refractivity contribution >= 4 is 38.2 Å². The molecule has 1 aliphatic heterocycles. The van der Waals surface area contributed by atoms with Crippen molar-refractivity contribution in [3.05, 3.63) is 36.7 Å². The molecule has 3 aromatic rings. The second-order valence-electron chi connectivity index (χ2n) is 8.81. The first-order chi connectivity index (χ1) is 15.6.